The Bertz CT molecular complexity index is 291. The van der Waals surface area contributed by atoms with Gasteiger partial charge in [-0.1, -0.05) is 31.7 Å². The molecule has 0 atom stereocenters. The number of aliphatic carboxylic acids is 1. The van der Waals surface area contributed by atoms with Crippen molar-refractivity contribution >= 4 is 5.97 Å². The molecule has 1 aromatic rings. The van der Waals surface area contributed by atoms with Crippen molar-refractivity contribution in [2.45, 2.75) is 13.3 Å². The van der Waals surface area contributed by atoms with Gasteiger partial charge in [0, 0.05) is 5.57 Å². The molecule has 0 aliphatic carbocycles. The van der Waals surface area contributed by atoms with E-state index in [1.54, 1.807) is 31.2 Å². The van der Waals surface area contributed by atoms with Crippen LogP contribution in [0, 0.1) is 0 Å². The highest BCUT2D eigenvalue weighted by Gasteiger charge is 1.96. The zero-order chi connectivity index (χ0) is 11.0. The van der Waals surface area contributed by atoms with Gasteiger partial charge < -0.3 is 10.2 Å². The van der Waals surface area contributed by atoms with E-state index < -0.39 is 5.97 Å². The summed E-state index contributed by atoms with van der Waals surface area (Å²) >= 11 is 0. The molecule has 2 N–H and O–H groups in total. The Labute approximate surface area is 83.3 Å². The lowest BCUT2D eigenvalue weighted by Gasteiger charge is -1.87. The molecule has 0 aromatic heterocycles. The number of aromatic hydroxyl groups is 1. The van der Waals surface area contributed by atoms with Crippen molar-refractivity contribution in [1.29, 1.82) is 0 Å². The van der Waals surface area contributed by atoms with Gasteiger partial charge >= 0.3 is 5.97 Å². The fourth-order valence-corrected chi connectivity index (χ4v) is 0.579. The predicted octanol–water partition coefficient (Wildman–Crippen LogP) is 2.43. The maximum Gasteiger partial charge on any atom is 0.330 e. The standard InChI is InChI=1S/C6H6O.C5H8O2/c7-6-4-2-1-3-5-6;1-3-4(2)5(6)7/h1-5,7H;2-3H2,1H3,(H,6,7). The molecule has 0 bridgehead atoms. The molecule has 0 spiro atoms. The van der Waals surface area contributed by atoms with Gasteiger partial charge in [0.15, 0.2) is 0 Å². The van der Waals surface area contributed by atoms with Crippen LogP contribution in [-0.4, -0.2) is 16.2 Å². The smallest absolute Gasteiger partial charge is 0.330 e. The van der Waals surface area contributed by atoms with E-state index in [4.69, 9.17) is 10.2 Å². The van der Waals surface area contributed by atoms with Crippen molar-refractivity contribution in [3.05, 3.63) is 42.5 Å². The minimum Gasteiger partial charge on any atom is -0.508 e. The highest BCUT2D eigenvalue weighted by Crippen LogP contribution is 2.02. The van der Waals surface area contributed by atoms with Crippen LogP contribution in [0.25, 0.3) is 0 Å². The molecule has 0 radical (unpaired) electrons. The summed E-state index contributed by atoms with van der Waals surface area (Å²) in [6.07, 6.45) is 0.523. The van der Waals surface area contributed by atoms with Crippen LogP contribution in [0.3, 0.4) is 0 Å². The Morgan fingerprint density at radius 1 is 1.36 bits per heavy atom. The van der Waals surface area contributed by atoms with Crippen LogP contribution >= 0.6 is 0 Å². The first-order chi connectivity index (χ1) is 6.57. The molecule has 0 saturated heterocycles. The van der Waals surface area contributed by atoms with E-state index >= 15 is 0 Å². The van der Waals surface area contributed by atoms with Crippen molar-refractivity contribution in [3.8, 4) is 5.75 Å². The number of hydrogen-bond acceptors (Lipinski definition) is 2. The Balaban J connectivity index is 0.000000241. The summed E-state index contributed by atoms with van der Waals surface area (Å²) in [5, 5.41) is 16.7. The van der Waals surface area contributed by atoms with Gasteiger partial charge in [-0.05, 0) is 18.6 Å². The van der Waals surface area contributed by atoms with E-state index in [0.29, 0.717) is 12.2 Å². The maximum absolute atomic E-state index is 9.83. The van der Waals surface area contributed by atoms with E-state index in [9.17, 15) is 4.79 Å². The molecule has 1 aromatic carbocycles. The fraction of sp³-hybridized carbons (Fsp3) is 0.182. The van der Waals surface area contributed by atoms with Gasteiger partial charge in [0.2, 0.25) is 0 Å². The second kappa shape index (κ2) is 6.71. The molecule has 0 amide bonds. The number of para-hydroxylation sites is 1. The highest BCUT2D eigenvalue weighted by atomic mass is 16.4. The molecule has 3 nitrogen and oxygen atoms in total. The lowest BCUT2D eigenvalue weighted by atomic mass is 10.2. The van der Waals surface area contributed by atoms with E-state index in [0.717, 1.165) is 0 Å². The number of rotatable bonds is 2. The normalized spacial score (nSPS) is 8.36. The van der Waals surface area contributed by atoms with Crippen LogP contribution < -0.4 is 0 Å². The van der Waals surface area contributed by atoms with Crippen LogP contribution in [-0.2, 0) is 4.79 Å². The van der Waals surface area contributed by atoms with Crippen molar-refractivity contribution < 1.29 is 15.0 Å². The molecule has 0 heterocycles. The SMILES string of the molecule is C=C(CC)C(=O)O.Oc1ccccc1. The van der Waals surface area contributed by atoms with Gasteiger partial charge in [0.1, 0.15) is 5.75 Å². The molecule has 1 rings (SSSR count). The number of carboxylic acid groups (broad SMARTS) is 1. The Morgan fingerprint density at radius 2 is 1.86 bits per heavy atom. The Hall–Kier alpha value is -1.77. The van der Waals surface area contributed by atoms with Crippen LogP contribution in [0.1, 0.15) is 13.3 Å². The summed E-state index contributed by atoms with van der Waals surface area (Å²) in [5.74, 6) is -0.579. The minimum absolute atomic E-state index is 0.264. The molecule has 0 fully saturated rings. The molecule has 0 aliphatic heterocycles. The number of carbonyl (C=O) groups is 1. The summed E-state index contributed by atoms with van der Waals surface area (Å²) < 4.78 is 0. The lowest BCUT2D eigenvalue weighted by Crippen LogP contribution is -1.95. The highest BCUT2D eigenvalue weighted by molar-refractivity contribution is 5.85. The second-order valence-corrected chi connectivity index (χ2v) is 2.60. The molecular weight excluding hydrogens is 180 g/mol. The van der Waals surface area contributed by atoms with Gasteiger partial charge in [-0.15, -0.1) is 0 Å². The van der Waals surface area contributed by atoms with E-state index in [1.807, 2.05) is 6.07 Å². The summed E-state index contributed by atoms with van der Waals surface area (Å²) in [6.45, 7) is 5.03. The summed E-state index contributed by atoms with van der Waals surface area (Å²) in [4.78, 5) is 9.83. The third-order valence-electron chi connectivity index (χ3n) is 1.49. The van der Waals surface area contributed by atoms with Gasteiger partial charge in [0.25, 0.3) is 0 Å². The van der Waals surface area contributed by atoms with Gasteiger partial charge in [-0.2, -0.15) is 0 Å². The monoisotopic (exact) mass is 194 g/mol. The first-order valence-corrected chi connectivity index (χ1v) is 4.23. The average molecular weight is 194 g/mol. The second-order valence-electron chi connectivity index (χ2n) is 2.60. The van der Waals surface area contributed by atoms with Crippen molar-refractivity contribution in [3.63, 3.8) is 0 Å². The lowest BCUT2D eigenvalue weighted by molar-refractivity contribution is -0.132. The Kier molecular flexibility index (Phi) is 5.87. The maximum atomic E-state index is 9.83. The molecule has 0 aliphatic rings. The summed E-state index contributed by atoms with van der Waals surface area (Å²) in [6, 6.07) is 8.71. The van der Waals surface area contributed by atoms with Crippen LogP contribution in [0.4, 0.5) is 0 Å². The average Bonchev–Trinajstić information content (AvgIpc) is 2.18. The van der Waals surface area contributed by atoms with Crippen LogP contribution in [0.2, 0.25) is 0 Å². The van der Waals surface area contributed by atoms with Crippen LogP contribution in [0.5, 0.6) is 5.75 Å². The predicted molar refractivity (Wildman–Crippen MR) is 55.2 cm³/mol. The molecule has 14 heavy (non-hydrogen) atoms. The molecular formula is C11H14O3. The quantitative estimate of drug-likeness (QED) is 0.711. The van der Waals surface area contributed by atoms with Crippen molar-refractivity contribution in [1.82, 2.24) is 0 Å². The zero-order valence-corrected chi connectivity index (χ0v) is 8.10. The summed E-state index contributed by atoms with van der Waals surface area (Å²) in [5.41, 5.74) is 0.264. The van der Waals surface area contributed by atoms with Crippen molar-refractivity contribution in [2.24, 2.45) is 0 Å². The van der Waals surface area contributed by atoms with Gasteiger partial charge in [-0.3, -0.25) is 0 Å². The van der Waals surface area contributed by atoms with E-state index in [1.165, 1.54) is 0 Å². The first kappa shape index (κ1) is 12.2. The van der Waals surface area contributed by atoms with Crippen molar-refractivity contribution in [2.75, 3.05) is 0 Å². The molecule has 3 heteroatoms. The minimum atomic E-state index is -0.900. The summed E-state index contributed by atoms with van der Waals surface area (Å²) in [7, 11) is 0. The number of carboxylic acids is 1. The molecule has 0 unspecified atom stereocenters. The third kappa shape index (κ3) is 5.83. The molecule has 0 saturated carbocycles. The van der Waals surface area contributed by atoms with Gasteiger partial charge in [-0.25, -0.2) is 4.79 Å². The first-order valence-electron chi connectivity index (χ1n) is 4.23. The fourth-order valence-electron chi connectivity index (χ4n) is 0.579. The topological polar surface area (TPSA) is 57.5 Å². The Morgan fingerprint density at radius 3 is 2.00 bits per heavy atom. The number of hydrogen-bond donors (Lipinski definition) is 2. The van der Waals surface area contributed by atoms with E-state index in [2.05, 4.69) is 6.58 Å². The largest absolute Gasteiger partial charge is 0.508 e. The zero-order valence-electron chi connectivity index (χ0n) is 8.10. The van der Waals surface area contributed by atoms with Crippen LogP contribution in [0.15, 0.2) is 42.5 Å². The number of phenols is 1. The third-order valence-corrected chi connectivity index (χ3v) is 1.49. The molecule has 76 valence electrons. The number of phenolic OH excluding ortho intramolecular Hbond substituents is 1. The number of benzene rings is 1. The van der Waals surface area contributed by atoms with E-state index in [-0.39, 0.29) is 5.57 Å². The van der Waals surface area contributed by atoms with Gasteiger partial charge in [0.05, 0.1) is 0 Å².